The van der Waals surface area contributed by atoms with Crippen LogP contribution in [0.2, 0.25) is 10.0 Å². The van der Waals surface area contributed by atoms with Gasteiger partial charge < -0.3 is 5.32 Å². The minimum absolute atomic E-state index is 0.0551. The molecule has 3 aromatic carbocycles. The summed E-state index contributed by atoms with van der Waals surface area (Å²) in [5.74, 6) is 5.51. The molecule has 0 saturated carbocycles. The molecule has 0 radical (unpaired) electrons. The van der Waals surface area contributed by atoms with Crippen LogP contribution < -0.4 is 10.0 Å². The number of hydrogen-bond donors (Lipinski definition) is 2. The first-order chi connectivity index (χ1) is 14.3. The number of benzene rings is 3. The first kappa shape index (κ1) is 21.7. The Labute approximate surface area is 185 Å². The highest BCUT2D eigenvalue weighted by Gasteiger charge is 2.18. The van der Waals surface area contributed by atoms with Gasteiger partial charge in [-0.15, -0.1) is 0 Å². The second kappa shape index (κ2) is 9.68. The number of carbonyl (C=O) groups excluding carboxylic acids is 1. The molecule has 0 atom stereocenters. The Morgan fingerprint density at radius 3 is 2.33 bits per heavy atom. The summed E-state index contributed by atoms with van der Waals surface area (Å²) in [6.45, 7) is 0.190. The van der Waals surface area contributed by atoms with E-state index in [1.165, 1.54) is 42.5 Å². The van der Waals surface area contributed by atoms with Crippen LogP contribution in [0.1, 0.15) is 15.9 Å². The zero-order chi connectivity index (χ0) is 21.6. The third kappa shape index (κ3) is 5.77. The molecule has 0 aromatic heterocycles. The maximum Gasteiger partial charge on any atom is 0.263 e. The van der Waals surface area contributed by atoms with Gasteiger partial charge in [-0.2, -0.15) is 0 Å². The summed E-state index contributed by atoms with van der Waals surface area (Å²) in [4.78, 5) is 12.1. The minimum Gasteiger partial charge on any atom is -0.341 e. The number of amides is 1. The highest BCUT2D eigenvalue weighted by Crippen LogP contribution is 2.26. The van der Waals surface area contributed by atoms with Crippen molar-refractivity contribution >= 4 is 44.8 Å². The van der Waals surface area contributed by atoms with Gasteiger partial charge in [0.1, 0.15) is 4.90 Å². The van der Waals surface area contributed by atoms with Crippen molar-refractivity contribution in [2.24, 2.45) is 0 Å². The normalized spacial score (nSPS) is 10.6. The van der Waals surface area contributed by atoms with Gasteiger partial charge in [0.15, 0.2) is 0 Å². The smallest absolute Gasteiger partial charge is 0.263 e. The Hall–Kier alpha value is -2.98. The van der Waals surface area contributed by atoms with Crippen LogP contribution in [0.15, 0.2) is 77.7 Å². The lowest BCUT2D eigenvalue weighted by Crippen LogP contribution is -2.23. The van der Waals surface area contributed by atoms with Gasteiger partial charge in [0, 0.05) is 21.8 Å². The standard InChI is InChI=1S/C22H16Cl2N2O3S/c23-18-10-13-20(24)21(15-18)30(28,29)26-19-11-8-17(9-12-19)22(27)25-14-4-7-16-5-2-1-3-6-16/h1-3,5-6,8-13,15,26H,14H2,(H,25,27). The summed E-state index contributed by atoms with van der Waals surface area (Å²) in [6, 6.07) is 19.6. The molecule has 5 nitrogen and oxygen atoms in total. The van der Waals surface area contributed by atoms with Crippen molar-refractivity contribution in [2.75, 3.05) is 11.3 Å². The second-order valence-corrected chi connectivity index (χ2v) is 8.60. The molecular formula is C22H16Cl2N2O3S. The van der Waals surface area contributed by atoms with Gasteiger partial charge in [-0.05, 0) is 54.6 Å². The Kier molecular flexibility index (Phi) is 7.01. The molecule has 0 unspecified atom stereocenters. The van der Waals surface area contributed by atoms with E-state index in [0.717, 1.165) is 5.56 Å². The van der Waals surface area contributed by atoms with E-state index in [1.807, 2.05) is 30.3 Å². The van der Waals surface area contributed by atoms with Crippen LogP contribution in [0.4, 0.5) is 5.69 Å². The number of nitrogens with one attached hydrogen (secondary N) is 2. The quantitative estimate of drug-likeness (QED) is 0.549. The van der Waals surface area contributed by atoms with Gasteiger partial charge in [-0.25, -0.2) is 8.42 Å². The molecule has 0 saturated heterocycles. The predicted molar refractivity (Wildman–Crippen MR) is 119 cm³/mol. The van der Waals surface area contributed by atoms with Crippen molar-refractivity contribution in [1.29, 1.82) is 0 Å². The van der Waals surface area contributed by atoms with E-state index in [-0.39, 0.29) is 33.1 Å². The van der Waals surface area contributed by atoms with Crippen molar-refractivity contribution in [1.82, 2.24) is 5.32 Å². The third-order valence-corrected chi connectivity index (χ3v) is 6.02. The highest BCUT2D eigenvalue weighted by atomic mass is 35.5. The van der Waals surface area contributed by atoms with E-state index in [1.54, 1.807) is 0 Å². The van der Waals surface area contributed by atoms with E-state index < -0.39 is 10.0 Å². The van der Waals surface area contributed by atoms with E-state index in [2.05, 4.69) is 21.9 Å². The van der Waals surface area contributed by atoms with Crippen LogP contribution in [0.3, 0.4) is 0 Å². The molecule has 0 bridgehead atoms. The largest absolute Gasteiger partial charge is 0.341 e. The number of anilines is 1. The Morgan fingerprint density at radius 2 is 1.63 bits per heavy atom. The number of hydrogen-bond acceptors (Lipinski definition) is 3. The average molecular weight is 459 g/mol. The molecule has 1 amide bonds. The first-order valence-corrected chi connectivity index (χ1v) is 11.0. The molecule has 3 aromatic rings. The fourth-order valence-corrected chi connectivity index (χ4v) is 4.30. The van der Waals surface area contributed by atoms with E-state index in [9.17, 15) is 13.2 Å². The topological polar surface area (TPSA) is 75.3 Å². The van der Waals surface area contributed by atoms with Crippen molar-refractivity contribution in [3.05, 3.63) is 94.0 Å². The Balaban J connectivity index is 1.62. The zero-order valence-corrected chi connectivity index (χ0v) is 17.9. The van der Waals surface area contributed by atoms with Gasteiger partial charge in [-0.3, -0.25) is 9.52 Å². The first-order valence-electron chi connectivity index (χ1n) is 8.75. The number of carbonyl (C=O) groups is 1. The Bertz CT molecular complexity index is 1220. The summed E-state index contributed by atoms with van der Waals surface area (Å²) in [5.41, 5.74) is 1.52. The van der Waals surface area contributed by atoms with Crippen molar-refractivity contribution in [3.63, 3.8) is 0 Å². The van der Waals surface area contributed by atoms with Crippen LogP contribution in [0.25, 0.3) is 0 Å². The van der Waals surface area contributed by atoms with Gasteiger partial charge in [-0.1, -0.05) is 53.2 Å². The average Bonchev–Trinajstić information content (AvgIpc) is 2.74. The lowest BCUT2D eigenvalue weighted by atomic mass is 10.2. The van der Waals surface area contributed by atoms with E-state index in [0.29, 0.717) is 5.56 Å². The van der Waals surface area contributed by atoms with Gasteiger partial charge in [0.2, 0.25) is 0 Å². The SMILES string of the molecule is O=C(NCC#Cc1ccccc1)c1ccc(NS(=O)(=O)c2cc(Cl)ccc2Cl)cc1. The molecule has 152 valence electrons. The number of sulfonamides is 1. The van der Waals surface area contributed by atoms with Crippen LogP contribution in [0.5, 0.6) is 0 Å². The van der Waals surface area contributed by atoms with Gasteiger partial charge >= 0.3 is 0 Å². The molecule has 0 aliphatic rings. The summed E-state index contributed by atoms with van der Waals surface area (Å²) in [5, 5.41) is 3.00. The highest BCUT2D eigenvalue weighted by molar-refractivity contribution is 7.92. The molecule has 0 fully saturated rings. The maximum atomic E-state index is 12.5. The summed E-state index contributed by atoms with van der Waals surface area (Å²) in [6.07, 6.45) is 0. The number of halogens is 2. The van der Waals surface area contributed by atoms with Crippen molar-refractivity contribution in [3.8, 4) is 11.8 Å². The second-order valence-electron chi connectivity index (χ2n) is 6.11. The molecule has 2 N–H and O–H groups in total. The molecule has 0 heterocycles. The lowest BCUT2D eigenvalue weighted by Gasteiger charge is -2.10. The Morgan fingerprint density at radius 1 is 0.933 bits per heavy atom. The predicted octanol–water partition coefficient (Wildman–Crippen LogP) is 4.58. The molecule has 0 aliphatic carbocycles. The molecule has 30 heavy (non-hydrogen) atoms. The summed E-state index contributed by atoms with van der Waals surface area (Å²) < 4.78 is 27.5. The van der Waals surface area contributed by atoms with Crippen LogP contribution >= 0.6 is 23.2 Å². The molecule has 3 rings (SSSR count). The third-order valence-electron chi connectivity index (χ3n) is 3.93. The molecule has 0 spiro atoms. The maximum absolute atomic E-state index is 12.5. The minimum atomic E-state index is -3.93. The number of rotatable bonds is 5. The molecule has 0 aliphatic heterocycles. The van der Waals surface area contributed by atoms with Crippen molar-refractivity contribution < 1.29 is 13.2 Å². The fourth-order valence-electron chi connectivity index (χ4n) is 2.48. The summed E-state index contributed by atoms with van der Waals surface area (Å²) >= 11 is 11.8. The summed E-state index contributed by atoms with van der Waals surface area (Å²) in [7, 11) is -3.93. The van der Waals surface area contributed by atoms with Crippen LogP contribution in [-0.4, -0.2) is 20.9 Å². The fraction of sp³-hybridized carbons (Fsp3) is 0.0455. The molecule has 8 heteroatoms. The van der Waals surface area contributed by atoms with Gasteiger partial charge in [0.05, 0.1) is 11.6 Å². The van der Waals surface area contributed by atoms with Gasteiger partial charge in [0.25, 0.3) is 15.9 Å². The van der Waals surface area contributed by atoms with E-state index in [4.69, 9.17) is 23.2 Å². The zero-order valence-electron chi connectivity index (χ0n) is 15.5. The van der Waals surface area contributed by atoms with Crippen LogP contribution in [-0.2, 0) is 10.0 Å². The van der Waals surface area contributed by atoms with Crippen LogP contribution in [0, 0.1) is 11.8 Å². The lowest BCUT2D eigenvalue weighted by molar-refractivity contribution is 0.0958. The van der Waals surface area contributed by atoms with Crippen molar-refractivity contribution in [2.45, 2.75) is 4.90 Å². The van der Waals surface area contributed by atoms with E-state index >= 15 is 0 Å². The molecular weight excluding hydrogens is 443 g/mol. The monoisotopic (exact) mass is 458 g/mol.